The second-order valence-corrected chi connectivity index (χ2v) is 6.23. The van der Waals surface area contributed by atoms with Gasteiger partial charge in [-0.1, -0.05) is 35.3 Å². The third-order valence-electron chi connectivity index (χ3n) is 3.40. The molecular weight excluding hydrogens is 361 g/mol. The van der Waals surface area contributed by atoms with Gasteiger partial charge in [-0.15, -0.1) is 0 Å². The third-order valence-corrected chi connectivity index (χ3v) is 4.23. The molecule has 0 atom stereocenters. The van der Waals surface area contributed by atoms with Crippen LogP contribution in [0, 0.1) is 0 Å². The van der Waals surface area contributed by atoms with Gasteiger partial charge in [0.05, 0.1) is 10.0 Å². The van der Waals surface area contributed by atoms with Crippen LogP contribution in [0.5, 0.6) is 5.75 Å². The Bertz CT molecular complexity index is 799. The van der Waals surface area contributed by atoms with Crippen LogP contribution in [0.2, 0.25) is 10.0 Å². The van der Waals surface area contributed by atoms with Gasteiger partial charge in [0.1, 0.15) is 5.75 Å². The van der Waals surface area contributed by atoms with Crippen LogP contribution >= 0.6 is 23.2 Å². The van der Waals surface area contributed by atoms with Crippen LogP contribution in [0.3, 0.4) is 0 Å². The summed E-state index contributed by atoms with van der Waals surface area (Å²) in [6.45, 7) is -0.0482. The molecule has 0 radical (unpaired) electrons. The lowest BCUT2D eigenvalue weighted by atomic mass is 10.1. The molecule has 0 fully saturated rings. The van der Waals surface area contributed by atoms with Gasteiger partial charge in [-0.05, 0) is 48.0 Å². The van der Waals surface area contributed by atoms with Crippen molar-refractivity contribution in [1.29, 1.82) is 0 Å². The minimum atomic E-state index is -0.174. The van der Waals surface area contributed by atoms with Crippen molar-refractivity contribution in [3.05, 3.63) is 69.7 Å². The maximum Gasteiger partial charge on any atom is 0.259 e. The lowest BCUT2D eigenvalue weighted by Crippen LogP contribution is -2.27. The van der Waals surface area contributed by atoms with E-state index in [1.165, 1.54) is 11.0 Å². The fraction of sp³-hybridized carbons (Fsp3) is 0.158. The van der Waals surface area contributed by atoms with Crippen LogP contribution in [0.25, 0.3) is 6.08 Å². The van der Waals surface area contributed by atoms with Gasteiger partial charge >= 0.3 is 0 Å². The highest BCUT2D eigenvalue weighted by molar-refractivity contribution is 6.42. The molecule has 0 heterocycles. The number of carbonyl (C=O) groups excluding carboxylic acids is 2. The van der Waals surface area contributed by atoms with Gasteiger partial charge in [-0.25, -0.2) is 0 Å². The largest absolute Gasteiger partial charge is 0.484 e. The maximum absolute atomic E-state index is 12.2. The zero-order chi connectivity index (χ0) is 18.4. The van der Waals surface area contributed by atoms with E-state index in [1.54, 1.807) is 62.6 Å². The summed E-state index contributed by atoms with van der Waals surface area (Å²) in [5.41, 5.74) is 1.17. The van der Waals surface area contributed by atoms with E-state index in [-0.39, 0.29) is 18.3 Å². The van der Waals surface area contributed by atoms with Crippen molar-refractivity contribution in [2.24, 2.45) is 0 Å². The monoisotopic (exact) mass is 377 g/mol. The molecule has 2 aromatic rings. The number of benzene rings is 2. The molecule has 2 aromatic carbocycles. The highest BCUT2D eigenvalue weighted by Crippen LogP contribution is 2.26. The number of rotatable bonds is 6. The summed E-state index contributed by atoms with van der Waals surface area (Å²) in [4.78, 5) is 25.1. The van der Waals surface area contributed by atoms with Crippen molar-refractivity contribution < 1.29 is 14.3 Å². The Morgan fingerprint density at radius 1 is 1.08 bits per heavy atom. The average Bonchev–Trinajstić information content (AvgIpc) is 2.61. The van der Waals surface area contributed by atoms with Gasteiger partial charge in [0.15, 0.2) is 12.4 Å². The van der Waals surface area contributed by atoms with Crippen LogP contribution < -0.4 is 4.74 Å². The highest BCUT2D eigenvalue weighted by atomic mass is 35.5. The zero-order valence-electron chi connectivity index (χ0n) is 13.8. The van der Waals surface area contributed by atoms with Gasteiger partial charge in [0.2, 0.25) is 0 Å². The molecule has 0 spiro atoms. The third kappa shape index (κ3) is 5.34. The quantitative estimate of drug-likeness (QED) is 0.555. The molecule has 4 nitrogen and oxygen atoms in total. The van der Waals surface area contributed by atoms with E-state index in [2.05, 4.69) is 0 Å². The van der Waals surface area contributed by atoms with Crippen LogP contribution in [0.4, 0.5) is 0 Å². The van der Waals surface area contributed by atoms with Crippen LogP contribution in [0.1, 0.15) is 15.9 Å². The summed E-state index contributed by atoms with van der Waals surface area (Å²) in [5, 5.41) is 0.840. The lowest BCUT2D eigenvalue weighted by molar-refractivity contribution is -0.130. The van der Waals surface area contributed by atoms with E-state index in [9.17, 15) is 9.59 Å². The van der Waals surface area contributed by atoms with E-state index in [4.69, 9.17) is 27.9 Å². The van der Waals surface area contributed by atoms with Crippen molar-refractivity contribution in [2.45, 2.75) is 0 Å². The summed E-state index contributed by atoms with van der Waals surface area (Å²) in [6, 6.07) is 11.8. The predicted octanol–water partition coefficient (Wildman–Crippen LogP) is 4.36. The normalized spacial score (nSPS) is 10.7. The number of likely N-dealkylation sites (N-methyl/N-ethyl adjacent to an activating group) is 1. The molecule has 6 heteroatoms. The molecule has 0 aliphatic carbocycles. The Labute approximate surface area is 156 Å². The number of hydrogen-bond acceptors (Lipinski definition) is 3. The summed E-state index contributed by atoms with van der Waals surface area (Å²) in [5.74, 6) is 0.210. The molecule has 0 aromatic heterocycles. The molecule has 0 bridgehead atoms. The molecule has 25 heavy (non-hydrogen) atoms. The Kier molecular flexibility index (Phi) is 6.62. The molecular formula is C19H17Cl2NO3. The smallest absolute Gasteiger partial charge is 0.259 e. The maximum atomic E-state index is 12.2. The Morgan fingerprint density at radius 3 is 2.40 bits per heavy atom. The molecule has 130 valence electrons. The fourth-order valence-corrected chi connectivity index (χ4v) is 2.27. The number of carbonyl (C=O) groups is 2. The summed E-state index contributed by atoms with van der Waals surface area (Å²) >= 11 is 12.0. The SMILES string of the molecule is CN(C)C(=O)COc1ccc(C(=O)/C=C/c2cccc(Cl)c2Cl)cc1. The van der Waals surface area contributed by atoms with Crippen molar-refractivity contribution in [1.82, 2.24) is 4.90 Å². The van der Waals surface area contributed by atoms with Gasteiger partial charge in [-0.2, -0.15) is 0 Å². The first-order valence-electron chi connectivity index (χ1n) is 7.48. The number of halogens is 2. The van der Waals surface area contributed by atoms with Crippen molar-refractivity contribution >= 4 is 41.0 Å². The second kappa shape index (κ2) is 8.70. The number of allylic oxidation sites excluding steroid dienone is 1. The first-order valence-corrected chi connectivity index (χ1v) is 8.23. The lowest BCUT2D eigenvalue weighted by Gasteiger charge is -2.11. The molecule has 0 aliphatic heterocycles. The highest BCUT2D eigenvalue weighted by Gasteiger charge is 2.07. The van der Waals surface area contributed by atoms with E-state index in [0.29, 0.717) is 26.9 Å². The zero-order valence-corrected chi connectivity index (χ0v) is 15.3. The summed E-state index contributed by atoms with van der Waals surface area (Å²) in [7, 11) is 3.32. The fourth-order valence-electron chi connectivity index (χ4n) is 1.90. The van der Waals surface area contributed by atoms with Gasteiger partial charge < -0.3 is 9.64 Å². The molecule has 0 aliphatic rings. The van der Waals surface area contributed by atoms with Crippen LogP contribution in [-0.4, -0.2) is 37.3 Å². The number of nitrogens with zero attached hydrogens (tertiary/aromatic N) is 1. The number of hydrogen-bond donors (Lipinski definition) is 0. The summed E-state index contributed by atoms with van der Waals surface area (Å²) in [6.07, 6.45) is 3.06. The molecule has 2 rings (SSSR count). The van der Waals surface area contributed by atoms with Gasteiger partial charge in [0.25, 0.3) is 5.91 Å². The first kappa shape index (κ1) is 19.0. The van der Waals surface area contributed by atoms with E-state index in [0.717, 1.165) is 0 Å². The average molecular weight is 378 g/mol. The topological polar surface area (TPSA) is 46.6 Å². The number of amides is 1. The minimum Gasteiger partial charge on any atom is -0.484 e. The molecule has 0 unspecified atom stereocenters. The first-order chi connectivity index (χ1) is 11.9. The standard InChI is InChI=1S/C19H17Cl2NO3/c1-22(2)18(24)12-25-15-9-6-13(7-10-15)17(23)11-8-14-4-3-5-16(20)19(14)21/h3-11H,12H2,1-2H3/b11-8+. The summed E-state index contributed by atoms with van der Waals surface area (Å²) < 4.78 is 5.37. The van der Waals surface area contributed by atoms with Crippen molar-refractivity contribution in [3.63, 3.8) is 0 Å². The molecule has 0 saturated carbocycles. The molecule has 1 amide bonds. The van der Waals surface area contributed by atoms with E-state index in [1.807, 2.05) is 0 Å². The van der Waals surface area contributed by atoms with Crippen LogP contribution in [0.15, 0.2) is 48.5 Å². The van der Waals surface area contributed by atoms with E-state index < -0.39 is 0 Å². The molecule has 0 saturated heterocycles. The molecule has 0 N–H and O–H groups in total. The second-order valence-electron chi connectivity index (χ2n) is 5.44. The van der Waals surface area contributed by atoms with Gasteiger partial charge in [-0.3, -0.25) is 9.59 Å². The Morgan fingerprint density at radius 2 is 1.76 bits per heavy atom. The van der Waals surface area contributed by atoms with Crippen LogP contribution in [-0.2, 0) is 4.79 Å². The Hall–Kier alpha value is -2.30. The van der Waals surface area contributed by atoms with Crippen molar-refractivity contribution in [2.75, 3.05) is 20.7 Å². The van der Waals surface area contributed by atoms with E-state index >= 15 is 0 Å². The van der Waals surface area contributed by atoms with Crippen molar-refractivity contribution in [3.8, 4) is 5.75 Å². The minimum absolute atomic E-state index is 0.0482. The Balaban J connectivity index is 2.01. The number of ether oxygens (including phenoxy) is 1. The predicted molar refractivity (Wildman–Crippen MR) is 100 cm³/mol. The number of ketones is 1. The van der Waals surface area contributed by atoms with Gasteiger partial charge in [0, 0.05) is 19.7 Å².